The zero-order valence-electron chi connectivity index (χ0n) is 13.1. The Morgan fingerprint density at radius 3 is 2.42 bits per heavy atom. The Labute approximate surface area is 139 Å². The number of aliphatic carboxylic acids is 1. The monoisotopic (exact) mass is 321 g/mol. The molecule has 0 spiro atoms. The average Bonchev–Trinajstić information content (AvgIpc) is 2.93. The van der Waals surface area contributed by atoms with Gasteiger partial charge in [-0.15, -0.1) is 0 Å². The van der Waals surface area contributed by atoms with Gasteiger partial charge < -0.3 is 9.90 Å². The number of imidazole rings is 1. The van der Waals surface area contributed by atoms with E-state index in [0.717, 1.165) is 16.6 Å². The van der Waals surface area contributed by atoms with Crippen LogP contribution in [0.4, 0.5) is 0 Å². The standard InChI is InChI=1S/C19H18N2O3/c22-18(11-6-12-19(23)24)21-16-10-5-4-9-15(16)20-17(21)13-14-7-2-1-3-8-14/h1-5,7-10H,6,11-13H2,(H,23,24)/p-1. The number of fused-ring (bicyclic) bond motifs is 1. The van der Waals surface area contributed by atoms with Gasteiger partial charge in [-0.25, -0.2) is 4.98 Å². The SMILES string of the molecule is O=C([O-])CCCC(=O)n1c(Cc2ccccc2)nc2ccccc21. The van der Waals surface area contributed by atoms with Crippen molar-refractivity contribution in [1.29, 1.82) is 0 Å². The lowest BCUT2D eigenvalue weighted by Crippen LogP contribution is -2.22. The molecular formula is C19H17N2O3-. The molecule has 1 aromatic heterocycles. The maximum Gasteiger partial charge on any atom is 0.232 e. The summed E-state index contributed by atoms with van der Waals surface area (Å²) in [4.78, 5) is 27.8. The predicted molar refractivity (Wildman–Crippen MR) is 88.5 cm³/mol. The summed E-state index contributed by atoms with van der Waals surface area (Å²) in [5.41, 5.74) is 2.58. The van der Waals surface area contributed by atoms with Gasteiger partial charge in [0.1, 0.15) is 5.82 Å². The third-order valence-corrected chi connectivity index (χ3v) is 3.86. The van der Waals surface area contributed by atoms with Crippen molar-refractivity contribution >= 4 is 22.9 Å². The summed E-state index contributed by atoms with van der Waals surface area (Å²) in [7, 11) is 0. The normalized spacial score (nSPS) is 10.8. The lowest BCUT2D eigenvalue weighted by atomic mass is 10.1. The van der Waals surface area contributed by atoms with Gasteiger partial charge in [0.15, 0.2) is 0 Å². The third kappa shape index (κ3) is 3.51. The molecule has 0 saturated heterocycles. The highest BCUT2D eigenvalue weighted by Gasteiger charge is 2.16. The number of aromatic nitrogens is 2. The second-order valence-electron chi connectivity index (χ2n) is 5.63. The molecule has 0 aliphatic rings. The van der Waals surface area contributed by atoms with Crippen molar-refractivity contribution in [1.82, 2.24) is 9.55 Å². The minimum Gasteiger partial charge on any atom is -0.550 e. The number of benzene rings is 2. The number of carboxylic acid groups (broad SMARTS) is 1. The zero-order chi connectivity index (χ0) is 16.9. The maximum absolute atomic E-state index is 12.6. The summed E-state index contributed by atoms with van der Waals surface area (Å²) in [6.45, 7) is 0. The predicted octanol–water partition coefficient (Wildman–Crippen LogP) is 2.19. The molecule has 122 valence electrons. The van der Waals surface area contributed by atoms with Crippen LogP contribution in [0.25, 0.3) is 11.0 Å². The van der Waals surface area contributed by atoms with E-state index in [4.69, 9.17) is 0 Å². The lowest BCUT2D eigenvalue weighted by molar-refractivity contribution is -0.305. The van der Waals surface area contributed by atoms with Crippen molar-refractivity contribution in [2.75, 3.05) is 0 Å². The summed E-state index contributed by atoms with van der Waals surface area (Å²) in [5, 5.41) is 10.5. The van der Waals surface area contributed by atoms with Crippen molar-refractivity contribution in [2.24, 2.45) is 0 Å². The van der Waals surface area contributed by atoms with Gasteiger partial charge in [-0.3, -0.25) is 9.36 Å². The lowest BCUT2D eigenvalue weighted by Gasteiger charge is -2.08. The van der Waals surface area contributed by atoms with Gasteiger partial charge in [0, 0.05) is 18.8 Å². The second-order valence-corrected chi connectivity index (χ2v) is 5.63. The van der Waals surface area contributed by atoms with Crippen LogP contribution in [0.15, 0.2) is 54.6 Å². The zero-order valence-corrected chi connectivity index (χ0v) is 13.1. The quantitative estimate of drug-likeness (QED) is 0.697. The van der Waals surface area contributed by atoms with Crippen molar-refractivity contribution in [3.05, 3.63) is 66.0 Å². The van der Waals surface area contributed by atoms with E-state index in [9.17, 15) is 14.7 Å². The molecule has 3 aromatic rings. The molecule has 0 amide bonds. The van der Waals surface area contributed by atoms with Crippen LogP contribution in [-0.4, -0.2) is 21.4 Å². The van der Waals surface area contributed by atoms with Gasteiger partial charge in [0.05, 0.1) is 11.0 Å². The Hall–Kier alpha value is -2.95. The highest BCUT2D eigenvalue weighted by Crippen LogP contribution is 2.19. The van der Waals surface area contributed by atoms with Crippen LogP contribution < -0.4 is 5.11 Å². The minimum atomic E-state index is -1.14. The number of carbonyl (C=O) groups is 2. The first-order valence-electron chi connectivity index (χ1n) is 7.88. The van der Waals surface area contributed by atoms with E-state index < -0.39 is 5.97 Å². The highest BCUT2D eigenvalue weighted by atomic mass is 16.4. The van der Waals surface area contributed by atoms with E-state index in [1.165, 1.54) is 0 Å². The molecule has 3 rings (SSSR count). The Bertz CT molecular complexity index is 869. The van der Waals surface area contributed by atoms with Gasteiger partial charge in [-0.05, 0) is 30.5 Å². The molecule has 0 N–H and O–H groups in total. The van der Waals surface area contributed by atoms with E-state index >= 15 is 0 Å². The molecule has 0 atom stereocenters. The van der Waals surface area contributed by atoms with Crippen LogP contribution in [0.1, 0.15) is 35.4 Å². The van der Waals surface area contributed by atoms with Crippen LogP contribution in [0.3, 0.4) is 0 Å². The fourth-order valence-corrected chi connectivity index (χ4v) is 2.75. The molecule has 5 heteroatoms. The van der Waals surface area contributed by atoms with E-state index in [1.54, 1.807) is 4.57 Å². The molecule has 24 heavy (non-hydrogen) atoms. The Morgan fingerprint density at radius 1 is 0.958 bits per heavy atom. The Kier molecular flexibility index (Phi) is 4.70. The fraction of sp³-hybridized carbons (Fsp3) is 0.211. The summed E-state index contributed by atoms with van der Waals surface area (Å²) >= 11 is 0. The molecule has 0 fully saturated rings. The fourth-order valence-electron chi connectivity index (χ4n) is 2.75. The maximum atomic E-state index is 12.6. The van der Waals surface area contributed by atoms with Crippen molar-refractivity contribution in [2.45, 2.75) is 25.7 Å². The molecule has 0 unspecified atom stereocenters. The molecular weight excluding hydrogens is 304 g/mol. The first-order chi connectivity index (χ1) is 11.6. The van der Waals surface area contributed by atoms with Crippen LogP contribution in [0, 0.1) is 0 Å². The summed E-state index contributed by atoms with van der Waals surface area (Å²) in [6.07, 6.45) is 0.836. The molecule has 0 saturated carbocycles. The van der Waals surface area contributed by atoms with Crippen molar-refractivity contribution in [3.63, 3.8) is 0 Å². The topological polar surface area (TPSA) is 75.0 Å². The van der Waals surface area contributed by atoms with Gasteiger partial charge in [-0.1, -0.05) is 42.5 Å². The molecule has 5 nitrogen and oxygen atoms in total. The molecule has 0 aliphatic heterocycles. The first-order valence-corrected chi connectivity index (χ1v) is 7.88. The second kappa shape index (κ2) is 7.08. The summed E-state index contributed by atoms with van der Waals surface area (Å²) in [5.74, 6) is -0.612. The molecule has 0 radical (unpaired) electrons. The van der Waals surface area contributed by atoms with Crippen molar-refractivity contribution in [3.8, 4) is 0 Å². The van der Waals surface area contributed by atoms with Gasteiger partial charge in [-0.2, -0.15) is 0 Å². The highest BCUT2D eigenvalue weighted by molar-refractivity contribution is 5.91. The Balaban J connectivity index is 1.93. The van der Waals surface area contributed by atoms with E-state index in [2.05, 4.69) is 4.98 Å². The largest absolute Gasteiger partial charge is 0.550 e. The molecule has 0 bridgehead atoms. The third-order valence-electron chi connectivity index (χ3n) is 3.86. The van der Waals surface area contributed by atoms with Crippen LogP contribution in [-0.2, 0) is 11.2 Å². The van der Waals surface area contributed by atoms with Gasteiger partial charge >= 0.3 is 0 Å². The summed E-state index contributed by atoms with van der Waals surface area (Å²) in [6, 6.07) is 17.3. The van der Waals surface area contributed by atoms with E-state index in [1.807, 2.05) is 54.6 Å². The van der Waals surface area contributed by atoms with Gasteiger partial charge in [0.25, 0.3) is 0 Å². The molecule has 1 heterocycles. The summed E-state index contributed by atoms with van der Waals surface area (Å²) < 4.78 is 1.61. The van der Waals surface area contributed by atoms with Crippen molar-refractivity contribution < 1.29 is 14.7 Å². The van der Waals surface area contributed by atoms with Crippen LogP contribution in [0.5, 0.6) is 0 Å². The Morgan fingerprint density at radius 2 is 1.67 bits per heavy atom. The smallest absolute Gasteiger partial charge is 0.232 e. The van der Waals surface area contributed by atoms with E-state index in [-0.39, 0.29) is 25.2 Å². The van der Waals surface area contributed by atoms with Gasteiger partial charge in [0.2, 0.25) is 5.91 Å². The number of para-hydroxylation sites is 2. The van der Waals surface area contributed by atoms with Crippen LogP contribution >= 0.6 is 0 Å². The average molecular weight is 321 g/mol. The molecule has 2 aromatic carbocycles. The number of rotatable bonds is 6. The number of carboxylic acids is 1. The van der Waals surface area contributed by atoms with Crippen LogP contribution in [0.2, 0.25) is 0 Å². The number of hydrogen-bond donors (Lipinski definition) is 0. The number of carbonyl (C=O) groups excluding carboxylic acids is 2. The minimum absolute atomic E-state index is 0.119. The molecule has 0 aliphatic carbocycles. The number of hydrogen-bond acceptors (Lipinski definition) is 4. The number of nitrogens with zero attached hydrogens (tertiary/aromatic N) is 2. The first kappa shape index (κ1) is 15.9. The van der Waals surface area contributed by atoms with E-state index in [0.29, 0.717) is 12.2 Å².